The zero-order chi connectivity index (χ0) is 25.9. The van der Waals surface area contributed by atoms with Gasteiger partial charge in [0.15, 0.2) is 0 Å². The molecule has 0 aliphatic carbocycles. The topological polar surface area (TPSA) is 49.4 Å². The molecule has 0 unspecified atom stereocenters. The molecule has 0 aliphatic rings. The van der Waals surface area contributed by atoms with E-state index in [4.69, 9.17) is 11.6 Å². The fraction of sp³-hybridized carbons (Fsp3) is 0.310. The Morgan fingerprint density at radius 1 is 0.944 bits per heavy atom. The van der Waals surface area contributed by atoms with Gasteiger partial charge >= 0.3 is 0 Å². The number of benzene rings is 3. The highest BCUT2D eigenvalue weighted by Crippen LogP contribution is 2.25. The number of carbonyl (C=O) groups is 2. The van der Waals surface area contributed by atoms with E-state index in [9.17, 15) is 14.0 Å². The lowest BCUT2D eigenvalue weighted by Crippen LogP contribution is -2.51. The molecule has 0 heterocycles. The maximum Gasteiger partial charge on any atom is 0.243 e. The van der Waals surface area contributed by atoms with Gasteiger partial charge in [0, 0.05) is 35.8 Å². The molecule has 3 aromatic carbocycles. The van der Waals surface area contributed by atoms with Crippen molar-refractivity contribution in [1.29, 1.82) is 0 Å². The van der Waals surface area contributed by atoms with Crippen molar-refractivity contribution in [2.75, 3.05) is 12.3 Å². The Balaban J connectivity index is 1.83. The van der Waals surface area contributed by atoms with Gasteiger partial charge in [-0.25, -0.2) is 4.39 Å². The maximum absolute atomic E-state index is 14.2. The molecule has 1 N–H and O–H groups in total. The summed E-state index contributed by atoms with van der Waals surface area (Å²) < 4.78 is 14.2. The third kappa shape index (κ3) is 8.38. The Morgan fingerprint density at radius 3 is 2.19 bits per heavy atom. The van der Waals surface area contributed by atoms with Crippen LogP contribution in [-0.4, -0.2) is 35.1 Å². The van der Waals surface area contributed by atoms with Crippen molar-refractivity contribution < 1.29 is 14.0 Å². The van der Waals surface area contributed by atoms with E-state index in [2.05, 4.69) is 5.32 Å². The summed E-state index contributed by atoms with van der Waals surface area (Å²) in [5, 5.41) is 3.35. The predicted molar refractivity (Wildman–Crippen MR) is 146 cm³/mol. The SMILES string of the molecule is CC(C)CNC(=O)[C@H](Cc1ccccc1)N(Cc1ccccc1)C(=O)CSCc1c(F)cccc1Cl. The second-order valence-corrected chi connectivity index (χ2v) is 10.4. The number of nitrogens with one attached hydrogen (secondary N) is 1. The summed E-state index contributed by atoms with van der Waals surface area (Å²) in [7, 11) is 0. The zero-order valence-electron chi connectivity index (χ0n) is 20.6. The first kappa shape index (κ1) is 27.8. The highest BCUT2D eigenvalue weighted by molar-refractivity contribution is 7.99. The number of hydrogen-bond donors (Lipinski definition) is 1. The summed E-state index contributed by atoms with van der Waals surface area (Å²) in [5.74, 6) is -0.111. The normalized spacial score (nSPS) is 11.8. The molecule has 3 aromatic rings. The molecule has 0 fully saturated rings. The average Bonchev–Trinajstić information content (AvgIpc) is 2.87. The van der Waals surface area contributed by atoms with Gasteiger partial charge < -0.3 is 10.2 Å². The fourth-order valence-corrected chi connectivity index (χ4v) is 5.00. The molecule has 4 nitrogen and oxygen atoms in total. The first-order chi connectivity index (χ1) is 17.3. The van der Waals surface area contributed by atoms with Crippen LogP contribution in [0.2, 0.25) is 5.02 Å². The standard InChI is InChI=1S/C29H32ClFN2O2S/c1-21(2)17-32-29(35)27(16-22-10-5-3-6-11-22)33(18-23-12-7-4-8-13-23)28(34)20-36-19-24-25(30)14-9-15-26(24)31/h3-15,21,27H,16-20H2,1-2H3,(H,32,35)/t27-/m0/s1. The molecular formula is C29H32ClFN2O2S. The molecule has 7 heteroatoms. The number of nitrogens with zero attached hydrogens (tertiary/aromatic N) is 1. The van der Waals surface area contributed by atoms with Crippen molar-refractivity contribution in [3.63, 3.8) is 0 Å². The first-order valence-corrected chi connectivity index (χ1v) is 13.5. The Labute approximate surface area is 222 Å². The van der Waals surface area contributed by atoms with Crippen molar-refractivity contribution in [2.45, 2.75) is 38.6 Å². The highest BCUT2D eigenvalue weighted by Gasteiger charge is 2.30. The summed E-state index contributed by atoms with van der Waals surface area (Å²) in [6, 6.07) is 23.2. The van der Waals surface area contributed by atoms with Gasteiger partial charge in [-0.3, -0.25) is 9.59 Å². The van der Waals surface area contributed by atoms with Crippen LogP contribution >= 0.6 is 23.4 Å². The second kappa shape index (κ2) is 14.0. The fourth-order valence-electron chi connectivity index (χ4n) is 3.75. The minimum absolute atomic E-state index is 0.0975. The van der Waals surface area contributed by atoms with Crippen LogP contribution in [0.1, 0.15) is 30.5 Å². The zero-order valence-corrected chi connectivity index (χ0v) is 22.2. The number of thioether (sulfide) groups is 1. The minimum atomic E-state index is -0.684. The van der Waals surface area contributed by atoms with E-state index in [1.807, 2.05) is 74.5 Å². The van der Waals surface area contributed by atoms with Gasteiger partial charge in [-0.15, -0.1) is 11.8 Å². The largest absolute Gasteiger partial charge is 0.354 e. The Bertz CT molecular complexity index is 1110. The molecule has 1 atom stereocenters. The molecule has 2 amide bonds. The molecule has 0 spiro atoms. The molecule has 0 saturated heterocycles. The summed E-state index contributed by atoms with van der Waals surface area (Å²) in [6.45, 7) is 4.89. The molecule has 190 valence electrons. The van der Waals surface area contributed by atoms with Crippen LogP contribution in [-0.2, 0) is 28.3 Å². The minimum Gasteiger partial charge on any atom is -0.354 e. The predicted octanol–water partition coefficient (Wildman–Crippen LogP) is 6.12. The Hall–Kier alpha value is -2.83. The van der Waals surface area contributed by atoms with Crippen molar-refractivity contribution in [3.05, 3.63) is 106 Å². The van der Waals surface area contributed by atoms with Gasteiger partial charge in [-0.1, -0.05) is 92.2 Å². The third-order valence-electron chi connectivity index (χ3n) is 5.69. The molecule has 0 radical (unpaired) electrons. The number of carbonyl (C=O) groups excluding carboxylic acids is 2. The van der Waals surface area contributed by atoms with E-state index >= 15 is 0 Å². The lowest BCUT2D eigenvalue weighted by molar-refractivity contribution is -0.139. The van der Waals surface area contributed by atoms with Crippen molar-refractivity contribution in [3.8, 4) is 0 Å². The molecule has 0 aromatic heterocycles. The van der Waals surface area contributed by atoms with E-state index in [0.717, 1.165) is 11.1 Å². The van der Waals surface area contributed by atoms with Crippen LogP contribution < -0.4 is 5.32 Å². The molecule has 3 rings (SSSR count). The van der Waals surface area contributed by atoms with Gasteiger partial charge in [-0.2, -0.15) is 0 Å². The van der Waals surface area contributed by atoms with Gasteiger partial charge in [0.2, 0.25) is 11.8 Å². The summed E-state index contributed by atoms with van der Waals surface area (Å²) in [5.41, 5.74) is 2.28. The van der Waals surface area contributed by atoms with Gasteiger partial charge in [0.05, 0.1) is 5.75 Å². The molecule has 0 aliphatic heterocycles. The Morgan fingerprint density at radius 2 is 1.58 bits per heavy atom. The number of amides is 2. The maximum atomic E-state index is 14.2. The second-order valence-electron chi connectivity index (χ2n) is 9.04. The van der Waals surface area contributed by atoms with Crippen molar-refractivity contribution >= 4 is 35.2 Å². The van der Waals surface area contributed by atoms with Crippen LogP contribution in [0, 0.1) is 11.7 Å². The Kier molecular flexibility index (Phi) is 10.8. The van der Waals surface area contributed by atoms with Crippen LogP contribution in [0.3, 0.4) is 0 Å². The summed E-state index contributed by atoms with van der Waals surface area (Å²) >= 11 is 7.44. The average molecular weight is 527 g/mol. The van der Waals surface area contributed by atoms with E-state index in [1.54, 1.807) is 17.0 Å². The van der Waals surface area contributed by atoms with E-state index in [-0.39, 0.29) is 29.2 Å². The van der Waals surface area contributed by atoms with Crippen LogP contribution in [0.25, 0.3) is 0 Å². The number of hydrogen-bond acceptors (Lipinski definition) is 3. The van der Waals surface area contributed by atoms with Crippen molar-refractivity contribution in [1.82, 2.24) is 10.2 Å². The lowest BCUT2D eigenvalue weighted by atomic mass is 10.0. The smallest absolute Gasteiger partial charge is 0.243 e. The van der Waals surface area contributed by atoms with Crippen LogP contribution in [0.15, 0.2) is 78.9 Å². The van der Waals surface area contributed by atoms with Crippen LogP contribution in [0.4, 0.5) is 4.39 Å². The monoisotopic (exact) mass is 526 g/mol. The number of halogens is 2. The van der Waals surface area contributed by atoms with Crippen molar-refractivity contribution in [2.24, 2.45) is 5.92 Å². The molecule has 36 heavy (non-hydrogen) atoms. The molecular weight excluding hydrogens is 495 g/mol. The third-order valence-corrected chi connectivity index (χ3v) is 6.98. The summed E-state index contributed by atoms with van der Waals surface area (Å²) in [4.78, 5) is 28.6. The molecule has 0 saturated carbocycles. The number of rotatable bonds is 12. The summed E-state index contributed by atoms with van der Waals surface area (Å²) in [6.07, 6.45) is 0.396. The van der Waals surface area contributed by atoms with Gasteiger partial charge in [0.1, 0.15) is 11.9 Å². The van der Waals surface area contributed by atoms with Gasteiger partial charge in [0.25, 0.3) is 0 Å². The highest BCUT2D eigenvalue weighted by atomic mass is 35.5. The van der Waals surface area contributed by atoms with E-state index in [1.165, 1.54) is 17.8 Å². The first-order valence-electron chi connectivity index (χ1n) is 12.0. The lowest BCUT2D eigenvalue weighted by Gasteiger charge is -2.32. The van der Waals surface area contributed by atoms with Gasteiger partial charge in [-0.05, 0) is 29.2 Å². The quantitative estimate of drug-likeness (QED) is 0.309. The molecule has 0 bridgehead atoms. The van der Waals surface area contributed by atoms with Crippen LogP contribution in [0.5, 0.6) is 0 Å². The van der Waals surface area contributed by atoms with E-state index < -0.39 is 11.9 Å². The van der Waals surface area contributed by atoms with E-state index in [0.29, 0.717) is 30.1 Å².